The summed E-state index contributed by atoms with van der Waals surface area (Å²) in [6.45, 7) is 10.3. The normalized spacial score (nSPS) is 11.5. The molecule has 0 unspecified atom stereocenters. The lowest BCUT2D eigenvalue weighted by atomic mass is 10.2. The average Bonchev–Trinajstić information content (AvgIpc) is 3.09. The first-order valence-electron chi connectivity index (χ1n) is 9.82. The van der Waals surface area contributed by atoms with Crippen LogP contribution in [0.2, 0.25) is 0 Å². The van der Waals surface area contributed by atoms with E-state index in [0.29, 0.717) is 30.1 Å². The van der Waals surface area contributed by atoms with E-state index in [-0.39, 0.29) is 5.91 Å². The van der Waals surface area contributed by atoms with E-state index in [9.17, 15) is 4.79 Å². The summed E-state index contributed by atoms with van der Waals surface area (Å²) < 4.78 is 5.96. The topological polar surface area (TPSA) is 57.4 Å². The van der Waals surface area contributed by atoms with Crippen molar-refractivity contribution in [2.75, 3.05) is 18.5 Å². The van der Waals surface area contributed by atoms with Crippen LogP contribution in [0.25, 0.3) is 10.9 Å². The van der Waals surface area contributed by atoms with Crippen LogP contribution in [0.5, 0.6) is 5.88 Å². The van der Waals surface area contributed by atoms with Gasteiger partial charge in [-0.25, -0.2) is 0 Å². The van der Waals surface area contributed by atoms with Gasteiger partial charge in [0.05, 0.1) is 11.2 Å². The number of hydrogen-bond acceptors (Lipinski definition) is 3. The average molecular weight is 380 g/mol. The second-order valence-electron chi connectivity index (χ2n) is 7.49. The van der Waals surface area contributed by atoms with Gasteiger partial charge in [-0.15, -0.1) is 0 Å². The van der Waals surface area contributed by atoms with Crippen LogP contribution in [0.4, 0.5) is 5.69 Å². The second-order valence-corrected chi connectivity index (χ2v) is 7.49. The number of benzene rings is 2. The summed E-state index contributed by atoms with van der Waals surface area (Å²) in [5.41, 5.74) is 2.34. The number of anilines is 1. The van der Waals surface area contributed by atoms with Crippen LogP contribution in [0.15, 0.2) is 54.6 Å². The standard InChI is InChI=1S/C23H29N3O2/c1-16(2)26(17(3)4)13-14-28-22-15-19-20(24-22)11-8-12-21(19)25-23(27)18-9-6-5-7-10-18/h5-12,15-17,24H,13-14H2,1-4H3,(H,25,27). The fourth-order valence-electron chi connectivity index (χ4n) is 3.47. The van der Waals surface area contributed by atoms with E-state index in [4.69, 9.17) is 4.74 Å². The number of ether oxygens (including phenoxy) is 1. The first-order chi connectivity index (χ1) is 13.5. The molecule has 0 radical (unpaired) electrons. The third kappa shape index (κ3) is 4.73. The smallest absolute Gasteiger partial charge is 0.255 e. The van der Waals surface area contributed by atoms with Crippen molar-refractivity contribution in [3.05, 3.63) is 60.2 Å². The van der Waals surface area contributed by atoms with Gasteiger partial charge in [-0.3, -0.25) is 9.69 Å². The van der Waals surface area contributed by atoms with E-state index in [1.807, 2.05) is 42.5 Å². The van der Waals surface area contributed by atoms with Crippen molar-refractivity contribution in [2.45, 2.75) is 39.8 Å². The molecule has 148 valence electrons. The Morgan fingerprint density at radius 1 is 1.04 bits per heavy atom. The lowest BCUT2D eigenvalue weighted by molar-refractivity contribution is 0.102. The molecule has 0 aliphatic carbocycles. The maximum atomic E-state index is 12.5. The number of carbonyl (C=O) groups is 1. The Labute approximate surface area is 166 Å². The number of aromatic amines is 1. The zero-order chi connectivity index (χ0) is 20.1. The second kappa shape index (κ2) is 8.93. The third-order valence-corrected chi connectivity index (χ3v) is 4.86. The molecular weight excluding hydrogens is 350 g/mol. The Balaban J connectivity index is 1.70. The molecule has 0 bridgehead atoms. The monoisotopic (exact) mass is 379 g/mol. The van der Waals surface area contributed by atoms with Crippen molar-refractivity contribution in [1.29, 1.82) is 0 Å². The summed E-state index contributed by atoms with van der Waals surface area (Å²) in [7, 11) is 0. The van der Waals surface area contributed by atoms with Crippen molar-refractivity contribution in [1.82, 2.24) is 9.88 Å². The van der Waals surface area contributed by atoms with Gasteiger partial charge in [-0.1, -0.05) is 24.3 Å². The molecule has 0 aliphatic rings. The fourth-order valence-corrected chi connectivity index (χ4v) is 3.47. The lowest BCUT2D eigenvalue weighted by Crippen LogP contribution is -2.39. The molecule has 0 spiro atoms. The summed E-state index contributed by atoms with van der Waals surface area (Å²) in [5, 5.41) is 3.93. The molecule has 1 heterocycles. The summed E-state index contributed by atoms with van der Waals surface area (Å²) in [6.07, 6.45) is 0. The van der Waals surface area contributed by atoms with E-state index in [1.54, 1.807) is 12.1 Å². The molecular formula is C23H29N3O2. The van der Waals surface area contributed by atoms with Crippen LogP contribution in [-0.2, 0) is 0 Å². The summed E-state index contributed by atoms with van der Waals surface area (Å²) in [4.78, 5) is 18.2. The molecule has 2 N–H and O–H groups in total. The van der Waals surface area contributed by atoms with Crippen LogP contribution >= 0.6 is 0 Å². The van der Waals surface area contributed by atoms with Crippen LogP contribution < -0.4 is 10.1 Å². The highest BCUT2D eigenvalue weighted by atomic mass is 16.5. The molecule has 0 saturated carbocycles. The van der Waals surface area contributed by atoms with Gasteiger partial charge < -0.3 is 15.0 Å². The van der Waals surface area contributed by atoms with Gasteiger partial charge in [0, 0.05) is 35.6 Å². The fraction of sp³-hybridized carbons (Fsp3) is 0.348. The highest BCUT2D eigenvalue weighted by molar-refractivity contribution is 6.09. The lowest BCUT2D eigenvalue weighted by Gasteiger charge is -2.30. The predicted molar refractivity (Wildman–Crippen MR) is 115 cm³/mol. The molecule has 3 rings (SSSR count). The van der Waals surface area contributed by atoms with Gasteiger partial charge in [0.1, 0.15) is 6.61 Å². The number of aromatic nitrogens is 1. The minimum atomic E-state index is -0.124. The molecule has 28 heavy (non-hydrogen) atoms. The molecule has 3 aromatic rings. The Morgan fingerprint density at radius 2 is 1.75 bits per heavy atom. The van der Waals surface area contributed by atoms with E-state index in [2.05, 4.69) is 42.9 Å². The molecule has 2 aromatic carbocycles. The van der Waals surface area contributed by atoms with Crippen LogP contribution in [-0.4, -0.2) is 41.0 Å². The number of carbonyl (C=O) groups excluding carboxylic acids is 1. The zero-order valence-electron chi connectivity index (χ0n) is 17.0. The van der Waals surface area contributed by atoms with E-state index >= 15 is 0 Å². The SMILES string of the molecule is CC(C)N(CCOc1cc2c(NC(=O)c3ccccc3)cccc2[nH]1)C(C)C. The van der Waals surface area contributed by atoms with Gasteiger partial charge in [0.15, 0.2) is 5.88 Å². The number of nitrogens with zero attached hydrogens (tertiary/aromatic N) is 1. The largest absolute Gasteiger partial charge is 0.478 e. The van der Waals surface area contributed by atoms with Crippen molar-refractivity contribution in [3.8, 4) is 5.88 Å². The minimum Gasteiger partial charge on any atom is -0.478 e. The van der Waals surface area contributed by atoms with E-state index < -0.39 is 0 Å². The Hall–Kier alpha value is -2.79. The first kappa shape index (κ1) is 20.0. The number of fused-ring (bicyclic) bond motifs is 1. The van der Waals surface area contributed by atoms with Crippen LogP contribution in [0, 0.1) is 0 Å². The molecule has 0 fully saturated rings. The van der Waals surface area contributed by atoms with Gasteiger partial charge in [0.25, 0.3) is 5.91 Å². The minimum absolute atomic E-state index is 0.124. The van der Waals surface area contributed by atoms with Gasteiger partial charge in [-0.05, 0) is 52.0 Å². The summed E-state index contributed by atoms with van der Waals surface area (Å²) in [6, 6.07) is 17.9. The summed E-state index contributed by atoms with van der Waals surface area (Å²) >= 11 is 0. The molecule has 0 saturated heterocycles. The predicted octanol–water partition coefficient (Wildman–Crippen LogP) is 4.92. The number of nitrogens with one attached hydrogen (secondary N) is 2. The molecule has 1 aromatic heterocycles. The van der Waals surface area contributed by atoms with E-state index in [0.717, 1.165) is 23.1 Å². The maximum Gasteiger partial charge on any atom is 0.255 e. The van der Waals surface area contributed by atoms with Crippen molar-refractivity contribution >= 4 is 22.5 Å². The highest BCUT2D eigenvalue weighted by Gasteiger charge is 2.14. The summed E-state index contributed by atoms with van der Waals surface area (Å²) in [5.74, 6) is 0.588. The maximum absolute atomic E-state index is 12.5. The molecule has 5 nitrogen and oxygen atoms in total. The van der Waals surface area contributed by atoms with Gasteiger partial charge >= 0.3 is 0 Å². The van der Waals surface area contributed by atoms with Crippen molar-refractivity contribution in [2.24, 2.45) is 0 Å². The highest BCUT2D eigenvalue weighted by Crippen LogP contribution is 2.28. The van der Waals surface area contributed by atoms with Crippen molar-refractivity contribution < 1.29 is 9.53 Å². The quantitative estimate of drug-likeness (QED) is 0.584. The molecule has 1 amide bonds. The zero-order valence-corrected chi connectivity index (χ0v) is 17.0. The third-order valence-electron chi connectivity index (χ3n) is 4.86. The van der Waals surface area contributed by atoms with E-state index in [1.165, 1.54) is 0 Å². The number of amides is 1. The molecule has 5 heteroatoms. The number of H-pyrrole nitrogens is 1. The first-order valence-corrected chi connectivity index (χ1v) is 9.82. The van der Waals surface area contributed by atoms with Crippen molar-refractivity contribution in [3.63, 3.8) is 0 Å². The van der Waals surface area contributed by atoms with Gasteiger partial charge in [0.2, 0.25) is 0 Å². The van der Waals surface area contributed by atoms with Crippen LogP contribution in [0.3, 0.4) is 0 Å². The van der Waals surface area contributed by atoms with Crippen LogP contribution in [0.1, 0.15) is 38.1 Å². The Morgan fingerprint density at radius 3 is 2.43 bits per heavy atom. The Kier molecular flexibility index (Phi) is 6.37. The number of rotatable bonds is 8. The number of hydrogen-bond donors (Lipinski definition) is 2. The molecule has 0 atom stereocenters. The molecule has 0 aliphatic heterocycles. The van der Waals surface area contributed by atoms with Gasteiger partial charge in [-0.2, -0.15) is 0 Å². The Bertz CT molecular complexity index is 908.